The summed E-state index contributed by atoms with van der Waals surface area (Å²) in [5.41, 5.74) is 0. The van der Waals surface area contributed by atoms with Crippen LogP contribution in [0, 0.1) is 17.8 Å². The molecule has 1 unspecified atom stereocenters. The molecule has 0 aromatic heterocycles. The van der Waals surface area contributed by atoms with Crippen molar-refractivity contribution in [2.24, 2.45) is 17.8 Å². The second-order valence-corrected chi connectivity index (χ2v) is 5.45. The van der Waals surface area contributed by atoms with Crippen molar-refractivity contribution < 1.29 is 4.79 Å². The molecule has 1 atom stereocenters. The fraction of sp³-hybridized carbons (Fsp3) is 0.923. The minimum Gasteiger partial charge on any atom is -0.342 e. The molecule has 3 nitrogen and oxygen atoms in total. The highest BCUT2D eigenvalue weighted by atomic mass is 16.2. The van der Waals surface area contributed by atoms with E-state index in [1.165, 1.54) is 25.7 Å². The first kappa shape index (κ1) is 11.9. The van der Waals surface area contributed by atoms with Crippen molar-refractivity contribution in [1.82, 2.24) is 10.2 Å². The number of rotatable bonds is 4. The van der Waals surface area contributed by atoms with Gasteiger partial charge in [-0.3, -0.25) is 4.79 Å². The summed E-state index contributed by atoms with van der Waals surface area (Å²) >= 11 is 0. The van der Waals surface area contributed by atoms with Gasteiger partial charge in [0.1, 0.15) is 0 Å². The molecule has 1 aliphatic heterocycles. The lowest BCUT2D eigenvalue weighted by Crippen LogP contribution is -2.43. The first-order valence-corrected chi connectivity index (χ1v) is 6.65. The predicted octanol–water partition coefficient (Wildman–Crippen LogP) is 1.49. The molecule has 1 aliphatic carbocycles. The monoisotopic (exact) mass is 224 g/mol. The van der Waals surface area contributed by atoms with Gasteiger partial charge >= 0.3 is 0 Å². The van der Waals surface area contributed by atoms with E-state index in [-0.39, 0.29) is 5.92 Å². The third-order valence-corrected chi connectivity index (χ3v) is 4.14. The smallest absolute Gasteiger partial charge is 0.225 e. The van der Waals surface area contributed by atoms with E-state index in [1.54, 1.807) is 0 Å². The summed E-state index contributed by atoms with van der Waals surface area (Å²) in [6, 6.07) is 0. The van der Waals surface area contributed by atoms with Crippen LogP contribution in [0.25, 0.3) is 0 Å². The zero-order chi connectivity index (χ0) is 11.5. The summed E-state index contributed by atoms with van der Waals surface area (Å²) in [6.07, 6.45) is 4.88. The van der Waals surface area contributed by atoms with Gasteiger partial charge in [0.25, 0.3) is 0 Å². The molecule has 1 saturated heterocycles. The quantitative estimate of drug-likeness (QED) is 0.784. The number of piperidine rings is 1. The Balaban J connectivity index is 1.77. The number of hydrogen-bond acceptors (Lipinski definition) is 2. The van der Waals surface area contributed by atoms with Gasteiger partial charge in [-0.25, -0.2) is 0 Å². The lowest BCUT2D eigenvalue weighted by atomic mass is 9.95. The van der Waals surface area contributed by atoms with Crippen LogP contribution in [0.1, 0.15) is 32.6 Å². The van der Waals surface area contributed by atoms with E-state index in [0.717, 1.165) is 25.6 Å². The van der Waals surface area contributed by atoms with Crippen LogP contribution < -0.4 is 5.32 Å². The van der Waals surface area contributed by atoms with Gasteiger partial charge in [-0.05, 0) is 51.1 Å². The Morgan fingerprint density at radius 1 is 1.31 bits per heavy atom. The Labute approximate surface area is 98.6 Å². The van der Waals surface area contributed by atoms with Gasteiger partial charge < -0.3 is 10.2 Å². The normalized spacial score (nSPS) is 24.5. The Bertz CT molecular complexity index is 242. The molecule has 1 heterocycles. The lowest BCUT2D eigenvalue weighted by molar-refractivity contribution is -0.137. The molecule has 92 valence electrons. The molecule has 0 spiro atoms. The molecule has 3 heteroatoms. The summed E-state index contributed by atoms with van der Waals surface area (Å²) in [7, 11) is 2.01. The van der Waals surface area contributed by atoms with Crippen molar-refractivity contribution in [3.63, 3.8) is 0 Å². The zero-order valence-electron chi connectivity index (χ0n) is 10.5. The van der Waals surface area contributed by atoms with Crippen molar-refractivity contribution >= 4 is 5.91 Å². The highest BCUT2D eigenvalue weighted by molar-refractivity contribution is 5.79. The van der Waals surface area contributed by atoms with Crippen LogP contribution in [0.4, 0.5) is 0 Å². The van der Waals surface area contributed by atoms with E-state index in [2.05, 4.69) is 17.1 Å². The van der Waals surface area contributed by atoms with Crippen LogP contribution in [-0.4, -0.2) is 37.5 Å². The number of nitrogens with one attached hydrogen (secondary N) is 1. The van der Waals surface area contributed by atoms with Crippen LogP contribution in [0.2, 0.25) is 0 Å². The summed E-state index contributed by atoms with van der Waals surface area (Å²) in [5, 5.41) is 3.23. The van der Waals surface area contributed by atoms with Crippen LogP contribution in [0.3, 0.4) is 0 Å². The van der Waals surface area contributed by atoms with Crippen LogP contribution in [0.5, 0.6) is 0 Å². The molecule has 16 heavy (non-hydrogen) atoms. The third kappa shape index (κ3) is 2.76. The van der Waals surface area contributed by atoms with E-state index < -0.39 is 0 Å². The van der Waals surface area contributed by atoms with Gasteiger partial charge in [-0.2, -0.15) is 0 Å². The molecule has 2 rings (SSSR count). The molecular formula is C13H24N2O. The van der Waals surface area contributed by atoms with Crippen molar-refractivity contribution in [2.45, 2.75) is 32.6 Å². The highest BCUT2D eigenvalue weighted by Crippen LogP contribution is 2.37. The number of nitrogens with zero attached hydrogens (tertiary/aromatic N) is 1. The summed E-state index contributed by atoms with van der Waals surface area (Å²) < 4.78 is 0. The number of carbonyl (C=O) groups excluding carboxylic acids is 1. The van der Waals surface area contributed by atoms with Gasteiger partial charge in [-0.15, -0.1) is 0 Å². The standard InChI is InChI=1S/C13H24N2O/c1-10(12-3-4-12)13(16)15-7-5-11(6-8-15)9-14-2/h10-12,14H,3-9H2,1-2H3. The van der Waals surface area contributed by atoms with E-state index in [9.17, 15) is 4.79 Å². The molecule has 0 aromatic rings. The fourth-order valence-electron chi connectivity index (χ4n) is 2.73. The first-order valence-electron chi connectivity index (χ1n) is 6.65. The molecule has 1 amide bonds. The first-order chi connectivity index (χ1) is 7.72. The van der Waals surface area contributed by atoms with Gasteiger partial charge in [0, 0.05) is 19.0 Å². The Morgan fingerprint density at radius 2 is 1.94 bits per heavy atom. The second kappa shape index (κ2) is 5.17. The lowest BCUT2D eigenvalue weighted by Gasteiger charge is -2.33. The molecular weight excluding hydrogens is 200 g/mol. The molecule has 0 bridgehead atoms. The van der Waals surface area contributed by atoms with Crippen LogP contribution in [0.15, 0.2) is 0 Å². The van der Waals surface area contributed by atoms with Crippen LogP contribution in [-0.2, 0) is 4.79 Å². The minimum absolute atomic E-state index is 0.279. The summed E-state index contributed by atoms with van der Waals surface area (Å²) in [5.74, 6) is 2.15. The van der Waals surface area contributed by atoms with Crippen molar-refractivity contribution in [1.29, 1.82) is 0 Å². The molecule has 2 aliphatic rings. The Kier molecular flexibility index (Phi) is 3.85. The maximum absolute atomic E-state index is 12.2. The van der Waals surface area contributed by atoms with Gasteiger partial charge in [0.2, 0.25) is 5.91 Å². The highest BCUT2D eigenvalue weighted by Gasteiger charge is 2.35. The average molecular weight is 224 g/mol. The average Bonchev–Trinajstić information content (AvgIpc) is 3.12. The minimum atomic E-state index is 0.279. The van der Waals surface area contributed by atoms with Gasteiger partial charge in [0.05, 0.1) is 0 Å². The number of hydrogen-bond donors (Lipinski definition) is 1. The van der Waals surface area contributed by atoms with Crippen molar-refractivity contribution in [3.8, 4) is 0 Å². The van der Waals surface area contributed by atoms with E-state index in [1.807, 2.05) is 7.05 Å². The molecule has 0 radical (unpaired) electrons. The van der Waals surface area contributed by atoms with E-state index in [0.29, 0.717) is 11.8 Å². The number of carbonyl (C=O) groups is 1. The third-order valence-electron chi connectivity index (χ3n) is 4.14. The van der Waals surface area contributed by atoms with E-state index >= 15 is 0 Å². The fourth-order valence-corrected chi connectivity index (χ4v) is 2.73. The maximum Gasteiger partial charge on any atom is 0.225 e. The molecule has 1 N–H and O–H groups in total. The van der Waals surface area contributed by atoms with Crippen LogP contribution >= 0.6 is 0 Å². The summed E-state index contributed by atoms with van der Waals surface area (Å²) in [6.45, 7) is 5.16. The van der Waals surface area contributed by atoms with Crippen molar-refractivity contribution in [3.05, 3.63) is 0 Å². The number of likely N-dealkylation sites (tertiary alicyclic amines) is 1. The predicted molar refractivity (Wildman–Crippen MR) is 65.1 cm³/mol. The van der Waals surface area contributed by atoms with Crippen molar-refractivity contribution in [2.75, 3.05) is 26.7 Å². The van der Waals surface area contributed by atoms with Gasteiger partial charge in [0.15, 0.2) is 0 Å². The second-order valence-electron chi connectivity index (χ2n) is 5.45. The Hall–Kier alpha value is -0.570. The zero-order valence-corrected chi connectivity index (χ0v) is 10.5. The summed E-state index contributed by atoms with van der Waals surface area (Å²) in [4.78, 5) is 14.2. The number of amides is 1. The SMILES string of the molecule is CNCC1CCN(C(=O)C(C)C2CC2)CC1. The largest absolute Gasteiger partial charge is 0.342 e. The van der Waals surface area contributed by atoms with E-state index in [4.69, 9.17) is 0 Å². The molecule has 2 fully saturated rings. The molecule has 0 aromatic carbocycles. The Morgan fingerprint density at radius 3 is 2.44 bits per heavy atom. The van der Waals surface area contributed by atoms with Gasteiger partial charge in [-0.1, -0.05) is 6.92 Å². The molecule has 1 saturated carbocycles. The topological polar surface area (TPSA) is 32.3 Å². The maximum atomic E-state index is 12.2.